The van der Waals surface area contributed by atoms with E-state index in [0.717, 1.165) is 18.1 Å². The molecule has 21 heavy (non-hydrogen) atoms. The van der Waals surface area contributed by atoms with Gasteiger partial charge < -0.3 is 4.90 Å². The van der Waals surface area contributed by atoms with Crippen LogP contribution >= 0.6 is 11.3 Å². The third kappa shape index (κ3) is 3.10. The van der Waals surface area contributed by atoms with Gasteiger partial charge in [0, 0.05) is 30.9 Å². The van der Waals surface area contributed by atoms with E-state index in [-0.39, 0.29) is 5.91 Å². The average Bonchev–Trinajstić information content (AvgIpc) is 2.96. The predicted octanol–water partition coefficient (Wildman–Crippen LogP) is 2.72. The average molecular weight is 302 g/mol. The van der Waals surface area contributed by atoms with Gasteiger partial charge in [-0.25, -0.2) is 4.98 Å². The van der Waals surface area contributed by atoms with Crippen LogP contribution in [0.2, 0.25) is 0 Å². The van der Waals surface area contributed by atoms with Gasteiger partial charge in [-0.15, -0.1) is 11.3 Å². The molecule has 3 heterocycles. The molecule has 6 heteroatoms. The standard InChI is InChI=1S/C15H18N4OS/c1-10-5-11(2)8-19(7-10)15(20)13-9-21-14(18-13)12-6-16-3-4-17-12/h3-4,6,9-11H,5,7-8H2,1-2H3. The molecule has 1 saturated heterocycles. The molecule has 0 saturated carbocycles. The summed E-state index contributed by atoms with van der Waals surface area (Å²) in [4.78, 5) is 27.2. The highest BCUT2D eigenvalue weighted by Crippen LogP contribution is 2.25. The third-order valence-electron chi connectivity index (χ3n) is 3.66. The maximum Gasteiger partial charge on any atom is 0.273 e. The number of rotatable bonds is 2. The van der Waals surface area contributed by atoms with Crippen molar-refractivity contribution in [3.05, 3.63) is 29.7 Å². The fraction of sp³-hybridized carbons (Fsp3) is 0.467. The van der Waals surface area contributed by atoms with Gasteiger partial charge in [0.2, 0.25) is 0 Å². The number of piperidine rings is 1. The molecule has 1 fully saturated rings. The van der Waals surface area contributed by atoms with E-state index in [1.807, 2.05) is 10.3 Å². The maximum absolute atomic E-state index is 12.6. The molecule has 2 atom stereocenters. The number of carbonyl (C=O) groups excluding carboxylic acids is 1. The fourth-order valence-electron chi connectivity index (χ4n) is 2.89. The molecule has 3 rings (SSSR count). The summed E-state index contributed by atoms with van der Waals surface area (Å²) in [6.07, 6.45) is 6.11. The molecular weight excluding hydrogens is 284 g/mol. The Hall–Kier alpha value is -1.82. The summed E-state index contributed by atoms with van der Waals surface area (Å²) in [5, 5.41) is 2.56. The van der Waals surface area contributed by atoms with Gasteiger partial charge in [0.05, 0.1) is 6.20 Å². The zero-order chi connectivity index (χ0) is 14.8. The van der Waals surface area contributed by atoms with E-state index >= 15 is 0 Å². The summed E-state index contributed by atoms with van der Waals surface area (Å²) in [6.45, 7) is 6.03. The first-order valence-electron chi connectivity index (χ1n) is 7.14. The van der Waals surface area contributed by atoms with E-state index in [2.05, 4.69) is 28.8 Å². The molecule has 5 nitrogen and oxygen atoms in total. The van der Waals surface area contributed by atoms with Crippen molar-refractivity contribution >= 4 is 17.2 Å². The maximum atomic E-state index is 12.6. The number of amides is 1. The Morgan fingerprint density at radius 2 is 2.05 bits per heavy atom. The summed E-state index contributed by atoms with van der Waals surface area (Å²) < 4.78 is 0. The number of likely N-dealkylation sites (tertiary alicyclic amines) is 1. The largest absolute Gasteiger partial charge is 0.337 e. The molecule has 0 spiro atoms. The molecule has 0 radical (unpaired) electrons. The van der Waals surface area contributed by atoms with Crippen LogP contribution in [0.25, 0.3) is 10.7 Å². The number of aromatic nitrogens is 3. The van der Waals surface area contributed by atoms with Crippen LogP contribution in [-0.2, 0) is 0 Å². The molecule has 1 amide bonds. The Kier molecular flexibility index (Phi) is 3.96. The second-order valence-electron chi connectivity index (χ2n) is 5.78. The lowest BCUT2D eigenvalue weighted by molar-refractivity contribution is 0.0618. The van der Waals surface area contributed by atoms with Gasteiger partial charge in [-0.2, -0.15) is 0 Å². The number of nitrogens with zero attached hydrogens (tertiary/aromatic N) is 4. The van der Waals surface area contributed by atoms with Crippen molar-refractivity contribution in [2.45, 2.75) is 20.3 Å². The van der Waals surface area contributed by atoms with Crippen molar-refractivity contribution in [2.75, 3.05) is 13.1 Å². The van der Waals surface area contributed by atoms with E-state index in [1.54, 1.807) is 18.6 Å². The minimum absolute atomic E-state index is 0.0276. The van der Waals surface area contributed by atoms with Crippen molar-refractivity contribution in [3.63, 3.8) is 0 Å². The second kappa shape index (κ2) is 5.89. The van der Waals surface area contributed by atoms with Crippen LogP contribution in [0, 0.1) is 11.8 Å². The van der Waals surface area contributed by atoms with E-state index in [0.29, 0.717) is 23.2 Å². The van der Waals surface area contributed by atoms with Gasteiger partial charge in [0.25, 0.3) is 5.91 Å². The quantitative estimate of drug-likeness (QED) is 0.856. The third-order valence-corrected chi connectivity index (χ3v) is 4.53. The van der Waals surface area contributed by atoms with E-state index < -0.39 is 0 Å². The van der Waals surface area contributed by atoms with Crippen LogP contribution in [0.1, 0.15) is 30.8 Å². The predicted molar refractivity (Wildman–Crippen MR) is 82.0 cm³/mol. The molecule has 2 aromatic heterocycles. The zero-order valence-electron chi connectivity index (χ0n) is 12.2. The molecular formula is C15H18N4OS. The Morgan fingerprint density at radius 1 is 1.29 bits per heavy atom. The van der Waals surface area contributed by atoms with Gasteiger partial charge in [-0.1, -0.05) is 13.8 Å². The van der Waals surface area contributed by atoms with Crippen molar-refractivity contribution in [3.8, 4) is 10.7 Å². The molecule has 0 N–H and O–H groups in total. The normalized spacial score (nSPS) is 22.3. The summed E-state index contributed by atoms with van der Waals surface area (Å²) >= 11 is 1.44. The second-order valence-corrected chi connectivity index (χ2v) is 6.64. The summed E-state index contributed by atoms with van der Waals surface area (Å²) in [6, 6.07) is 0. The highest BCUT2D eigenvalue weighted by Gasteiger charge is 2.27. The first-order chi connectivity index (χ1) is 10.1. The lowest BCUT2D eigenvalue weighted by Crippen LogP contribution is -2.42. The van der Waals surface area contributed by atoms with Crippen molar-refractivity contribution in [1.82, 2.24) is 19.9 Å². The highest BCUT2D eigenvalue weighted by atomic mass is 32.1. The molecule has 1 aliphatic rings. The molecule has 0 aromatic carbocycles. The van der Waals surface area contributed by atoms with Gasteiger partial charge in [-0.05, 0) is 18.3 Å². The fourth-order valence-corrected chi connectivity index (χ4v) is 3.64. The van der Waals surface area contributed by atoms with Gasteiger partial charge >= 0.3 is 0 Å². The summed E-state index contributed by atoms with van der Waals surface area (Å²) in [5.41, 5.74) is 1.23. The van der Waals surface area contributed by atoms with Crippen molar-refractivity contribution in [2.24, 2.45) is 11.8 Å². The smallest absolute Gasteiger partial charge is 0.273 e. The summed E-state index contributed by atoms with van der Waals surface area (Å²) in [5.74, 6) is 1.13. The SMILES string of the molecule is CC1CC(C)CN(C(=O)c2csc(-c3cnccn3)n2)C1. The molecule has 1 aliphatic heterocycles. The first kappa shape index (κ1) is 14.1. The van der Waals surface area contributed by atoms with Crippen molar-refractivity contribution < 1.29 is 4.79 Å². The van der Waals surface area contributed by atoms with Gasteiger partial charge in [0.1, 0.15) is 16.4 Å². The van der Waals surface area contributed by atoms with Crippen LogP contribution in [0.4, 0.5) is 0 Å². The van der Waals surface area contributed by atoms with Crippen LogP contribution in [0.3, 0.4) is 0 Å². The lowest BCUT2D eigenvalue weighted by Gasteiger charge is -2.34. The Bertz CT molecular complexity index is 618. The minimum atomic E-state index is 0.0276. The highest BCUT2D eigenvalue weighted by molar-refractivity contribution is 7.13. The number of thiazole rings is 1. The zero-order valence-corrected chi connectivity index (χ0v) is 13.0. The molecule has 2 aromatic rings. The molecule has 2 unspecified atom stereocenters. The van der Waals surface area contributed by atoms with E-state index in [1.165, 1.54) is 17.8 Å². The Balaban J connectivity index is 1.78. The topological polar surface area (TPSA) is 59.0 Å². The van der Waals surface area contributed by atoms with Crippen LogP contribution in [0.15, 0.2) is 24.0 Å². The first-order valence-corrected chi connectivity index (χ1v) is 8.02. The van der Waals surface area contributed by atoms with Crippen molar-refractivity contribution in [1.29, 1.82) is 0 Å². The number of hydrogen-bond donors (Lipinski definition) is 0. The van der Waals surface area contributed by atoms with Crippen LogP contribution in [0.5, 0.6) is 0 Å². The number of carbonyl (C=O) groups is 1. The van der Waals surface area contributed by atoms with Gasteiger partial charge in [0.15, 0.2) is 0 Å². The minimum Gasteiger partial charge on any atom is -0.337 e. The number of hydrogen-bond acceptors (Lipinski definition) is 5. The monoisotopic (exact) mass is 302 g/mol. The Labute approximate surface area is 128 Å². The van der Waals surface area contributed by atoms with E-state index in [9.17, 15) is 4.79 Å². The molecule has 0 aliphatic carbocycles. The lowest BCUT2D eigenvalue weighted by atomic mass is 9.92. The van der Waals surface area contributed by atoms with Crippen LogP contribution in [-0.4, -0.2) is 38.8 Å². The summed E-state index contributed by atoms with van der Waals surface area (Å²) in [7, 11) is 0. The molecule has 110 valence electrons. The van der Waals surface area contributed by atoms with Gasteiger partial charge in [-0.3, -0.25) is 14.8 Å². The molecule has 0 bridgehead atoms. The van der Waals surface area contributed by atoms with E-state index in [4.69, 9.17) is 0 Å². The Morgan fingerprint density at radius 3 is 2.71 bits per heavy atom. The van der Waals surface area contributed by atoms with Crippen LogP contribution < -0.4 is 0 Å².